The molecule has 2 aliphatic rings. The molecule has 0 aromatic rings. The second-order valence-electron chi connectivity index (χ2n) is 6.36. The second-order valence-corrected chi connectivity index (χ2v) is 8.58. The van der Waals surface area contributed by atoms with Gasteiger partial charge < -0.3 is 5.73 Å². The van der Waals surface area contributed by atoms with Crippen LogP contribution >= 0.6 is 0 Å². The first kappa shape index (κ1) is 15.3. The Morgan fingerprint density at radius 1 is 1.26 bits per heavy atom. The van der Waals surface area contributed by atoms with Crippen LogP contribution in [-0.2, 0) is 9.84 Å². The predicted octanol–water partition coefficient (Wildman–Crippen LogP) is 1.40. The molecule has 1 saturated heterocycles. The quantitative estimate of drug-likeness (QED) is 0.849. The third-order valence-corrected chi connectivity index (χ3v) is 7.08. The van der Waals surface area contributed by atoms with Gasteiger partial charge in [-0.15, -0.1) is 0 Å². The molecule has 112 valence electrons. The maximum atomic E-state index is 12.1. The van der Waals surface area contributed by atoms with Crippen LogP contribution in [0.5, 0.6) is 0 Å². The Morgan fingerprint density at radius 2 is 1.89 bits per heavy atom. The molecule has 0 amide bonds. The fourth-order valence-electron chi connectivity index (χ4n) is 4.15. The highest BCUT2D eigenvalue weighted by Gasteiger charge is 2.51. The summed E-state index contributed by atoms with van der Waals surface area (Å²) in [6, 6.07) is 0. The molecule has 1 saturated carbocycles. The molecule has 19 heavy (non-hydrogen) atoms. The maximum absolute atomic E-state index is 12.1. The van der Waals surface area contributed by atoms with E-state index in [1.165, 1.54) is 25.5 Å². The number of piperidine rings is 1. The molecule has 0 aromatic carbocycles. The Balaban J connectivity index is 2.18. The molecule has 1 heterocycles. The predicted molar refractivity (Wildman–Crippen MR) is 78.9 cm³/mol. The van der Waals surface area contributed by atoms with Crippen LogP contribution in [0.2, 0.25) is 0 Å². The summed E-state index contributed by atoms with van der Waals surface area (Å²) in [7, 11) is -3.01. The highest BCUT2D eigenvalue weighted by Crippen LogP contribution is 2.40. The van der Waals surface area contributed by atoms with Crippen LogP contribution in [0.4, 0.5) is 0 Å². The molecule has 4 nitrogen and oxygen atoms in total. The van der Waals surface area contributed by atoms with Crippen LogP contribution in [0.3, 0.4) is 0 Å². The Morgan fingerprint density at radius 3 is 2.37 bits per heavy atom. The van der Waals surface area contributed by atoms with Crippen LogP contribution in [0.15, 0.2) is 0 Å². The van der Waals surface area contributed by atoms with Gasteiger partial charge in [0.1, 0.15) is 0 Å². The molecule has 0 bridgehead atoms. The van der Waals surface area contributed by atoms with Gasteiger partial charge in [-0.3, -0.25) is 4.90 Å². The van der Waals surface area contributed by atoms with Gasteiger partial charge in [0.2, 0.25) is 0 Å². The third-order valence-electron chi connectivity index (χ3n) is 5.37. The zero-order chi connectivity index (χ0) is 14.1. The summed E-state index contributed by atoms with van der Waals surface area (Å²) >= 11 is 0. The molecule has 5 heteroatoms. The molecule has 2 atom stereocenters. The zero-order valence-corrected chi connectivity index (χ0v) is 13.1. The van der Waals surface area contributed by atoms with E-state index in [0.29, 0.717) is 6.54 Å². The minimum atomic E-state index is -3.01. The summed E-state index contributed by atoms with van der Waals surface area (Å²) in [5.41, 5.74) is 5.76. The maximum Gasteiger partial charge on any atom is 0.152 e. The number of hydrogen-bond acceptors (Lipinski definition) is 4. The highest BCUT2D eigenvalue weighted by molar-refractivity contribution is 7.91. The van der Waals surface area contributed by atoms with Crippen molar-refractivity contribution in [3.05, 3.63) is 0 Å². The lowest BCUT2D eigenvalue weighted by molar-refractivity contribution is 0.0603. The van der Waals surface area contributed by atoms with E-state index in [1.54, 1.807) is 0 Å². The van der Waals surface area contributed by atoms with Crippen molar-refractivity contribution >= 4 is 9.84 Å². The highest BCUT2D eigenvalue weighted by atomic mass is 32.2. The van der Waals surface area contributed by atoms with E-state index in [-0.39, 0.29) is 10.8 Å². The summed E-state index contributed by atoms with van der Waals surface area (Å²) in [4.78, 5) is 2.40. The van der Waals surface area contributed by atoms with E-state index in [1.807, 2.05) is 0 Å². The van der Waals surface area contributed by atoms with Crippen molar-refractivity contribution in [2.75, 3.05) is 25.9 Å². The van der Waals surface area contributed by atoms with Gasteiger partial charge in [0.05, 0.1) is 5.25 Å². The van der Waals surface area contributed by atoms with Crippen molar-refractivity contribution < 1.29 is 8.42 Å². The average molecular weight is 288 g/mol. The number of hydrogen-bond donors (Lipinski definition) is 1. The molecule has 2 fully saturated rings. The first-order valence-electron chi connectivity index (χ1n) is 7.58. The van der Waals surface area contributed by atoms with E-state index >= 15 is 0 Å². The van der Waals surface area contributed by atoms with Gasteiger partial charge in [-0.25, -0.2) is 8.42 Å². The van der Waals surface area contributed by atoms with E-state index in [2.05, 4.69) is 11.8 Å². The first-order chi connectivity index (χ1) is 8.94. The molecule has 2 rings (SSSR count). The average Bonchev–Trinajstić information content (AvgIpc) is 2.84. The number of sulfone groups is 1. The zero-order valence-electron chi connectivity index (χ0n) is 12.3. The minimum Gasteiger partial charge on any atom is -0.329 e. The smallest absolute Gasteiger partial charge is 0.152 e. The molecular formula is C14H28N2O2S. The van der Waals surface area contributed by atoms with Gasteiger partial charge in [0.25, 0.3) is 0 Å². The number of rotatable bonds is 4. The van der Waals surface area contributed by atoms with E-state index < -0.39 is 9.84 Å². The summed E-state index contributed by atoms with van der Waals surface area (Å²) in [5.74, 6) is 0.809. The Labute approximate surface area is 117 Å². The van der Waals surface area contributed by atoms with Crippen molar-refractivity contribution in [1.82, 2.24) is 4.90 Å². The summed E-state index contributed by atoms with van der Waals surface area (Å²) in [5, 5.41) is -0.261. The minimum absolute atomic E-state index is 0.261. The number of nitrogens with two attached hydrogens (primary N) is 1. The summed E-state index contributed by atoms with van der Waals surface area (Å²) in [6.07, 6.45) is 7.71. The topological polar surface area (TPSA) is 63.4 Å². The molecule has 2 N–H and O–H groups in total. The third kappa shape index (κ3) is 2.83. The Kier molecular flexibility index (Phi) is 4.58. The first-order valence-corrected chi connectivity index (χ1v) is 9.53. The lowest BCUT2D eigenvalue weighted by Crippen LogP contribution is -2.62. The summed E-state index contributed by atoms with van der Waals surface area (Å²) in [6.45, 7) is 4.75. The molecule has 1 aliphatic carbocycles. The van der Waals surface area contributed by atoms with Gasteiger partial charge in [-0.05, 0) is 44.7 Å². The number of likely N-dealkylation sites (tertiary alicyclic amines) is 1. The molecule has 1 aliphatic heterocycles. The lowest BCUT2D eigenvalue weighted by atomic mass is 9.87. The molecule has 0 spiro atoms. The fourth-order valence-corrected chi connectivity index (χ4v) is 5.90. The second kappa shape index (κ2) is 5.70. The normalized spacial score (nSPS) is 34.8. The van der Waals surface area contributed by atoms with Crippen molar-refractivity contribution in [3.63, 3.8) is 0 Å². The van der Waals surface area contributed by atoms with E-state index in [0.717, 1.165) is 38.3 Å². The van der Waals surface area contributed by atoms with Crippen molar-refractivity contribution in [3.8, 4) is 0 Å². The van der Waals surface area contributed by atoms with Gasteiger partial charge in [0.15, 0.2) is 9.84 Å². The van der Waals surface area contributed by atoms with Crippen LogP contribution in [0.25, 0.3) is 0 Å². The summed E-state index contributed by atoms with van der Waals surface area (Å²) < 4.78 is 24.2. The largest absolute Gasteiger partial charge is 0.329 e. The SMILES string of the molecule is CCC1CCN(C2(CN)CCCC2S(C)(=O)=O)CC1. The van der Waals surface area contributed by atoms with Crippen LogP contribution in [0.1, 0.15) is 45.4 Å². The lowest BCUT2D eigenvalue weighted by Gasteiger charge is -2.47. The molecule has 0 radical (unpaired) electrons. The van der Waals surface area contributed by atoms with Crippen molar-refractivity contribution in [2.45, 2.75) is 56.2 Å². The van der Waals surface area contributed by atoms with Crippen molar-refractivity contribution in [2.24, 2.45) is 11.7 Å². The standard InChI is InChI=1S/C14H28N2O2S/c1-3-12-6-9-16(10-7-12)14(11-15)8-4-5-13(14)19(2,17)18/h12-13H,3-11,15H2,1-2H3. The number of nitrogens with zero attached hydrogens (tertiary/aromatic N) is 1. The van der Waals surface area contributed by atoms with Crippen molar-refractivity contribution in [1.29, 1.82) is 0 Å². The molecule has 2 unspecified atom stereocenters. The van der Waals surface area contributed by atoms with E-state index in [9.17, 15) is 8.42 Å². The Bertz CT molecular complexity index is 402. The molecule has 0 aromatic heterocycles. The monoisotopic (exact) mass is 288 g/mol. The van der Waals surface area contributed by atoms with Gasteiger partial charge >= 0.3 is 0 Å². The van der Waals surface area contributed by atoms with Crippen LogP contribution in [-0.4, -0.2) is 50.0 Å². The van der Waals surface area contributed by atoms with Gasteiger partial charge in [-0.1, -0.05) is 19.8 Å². The van der Waals surface area contributed by atoms with Crippen LogP contribution < -0.4 is 5.73 Å². The van der Waals surface area contributed by atoms with E-state index in [4.69, 9.17) is 5.73 Å². The van der Waals surface area contributed by atoms with Gasteiger partial charge in [0, 0.05) is 18.3 Å². The molecular weight excluding hydrogens is 260 g/mol. The van der Waals surface area contributed by atoms with Gasteiger partial charge in [-0.2, -0.15) is 0 Å². The van der Waals surface area contributed by atoms with Crippen LogP contribution in [0, 0.1) is 5.92 Å². The fraction of sp³-hybridized carbons (Fsp3) is 1.00. The Hall–Kier alpha value is -0.130.